The fourth-order valence-corrected chi connectivity index (χ4v) is 2.18. The summed E-state index contributed by atoms with van der Waals surface area (Å²) in [5, 5.41) is 3.86. The van der Waals surface area contributed by atoms with Crippen molar-refractivity contribution in [1.82, 2.24) is 5.32 Å². The van der Waals surface area contributed by atoms with Crippen LogP contribution < -0.4 is 5.32 Å². The van der Waals surface area contributed by atoms with Gasteiger partial charge in [0.15, 0.2) is 0 Å². The first-order chi connectivity index (χ1) is 4.67. The Kier molecular flexibility index (Phi) is 2.61. The molecule has 0 aromatic heterocycles. The number of nitrogens with one attached hydrogen (secondary N) is 1. The highest BCUT2D eigenvalue weighted by atomic mass is 32.2. The first kappa shape index (κ1) is 8.37. The first-order valence-corrected chi connectivity index (χ1v) is 4.62. The van der Waals surface area contributed by atoms with E-state index in [-0.39, 0.29) is 5.60 Å². The van der Waals surface area contributed by atoms with Crippen LogP contribution in [-0.4, -0.2) is 30.4 Å². The lowest BCUT2D eigenvalue weighted by Gasteiger charge is -2.29. The van der Waals surface area contributed by atoms with E-state index >= 15 is 0 Å². The predicted molar refractivity (Wildman–Crippen MR) is 45.3 cm³/mol. The van der Waals surface area contributed by atoms with Gasteiger partial charge in [-0.25, -0.2) is 0 Å². The second-order valence-electron chi connectivity index (χ2n) is 3.01. The van der Waals surface area contributed by atoms with Gasteiger partial charge in [0.05, 0.1) is 11.0 Å². The van der Waals surface area contributed by atoms with Crippen LogP contribution in [0.3, 0.4) is 0 Å². The van der Waals surface area contributed by atoms with Crippen molar-refractivity contribution in [1.29, 1.82) is 0 Å². The number of thioether (sulfide) groups is 1. The van der Waals surface area contributed by atoms with Gasteiger partial charge in [-0.1, -0.05) is 0 Å². The molecular weight excluding hydrogens is 146 g/mol. The molecule has 0 spiro atoms. The number of hydrogen-bond donors (Lipinski definition) is 1. The molecule has 0 saturated carbocycles. The van der Waals surface area contributed by atoms with Gasteiger partial charge in [0.1, 0.15) is 0 Å². The molecule has 60 valence electrons. The van der Waals surface area contributed by atoms with E-state index in [9.17, 15) is 0 Å². The number of methoxy groups -OCH3 is 1. The molecule has 10 heavy (non-hydrogen) atoms. The molecule has 0 radical (unpaired) electrons. The molecule has 1 aliphatic rings. The van der Waals surface area contributed by atoms with Crippen LogP contribution in [0.4, 0.5) is 0 Å². The van der Waals surface area contributed by atoms with Crippen molar-refractivity contribution in [2.45, 2.75) is 24.8 Å². The number of hydrogen-bond acceptors (Lipinski definition) is 3. The molecule has 1 rings (SSSR count). The Morgan fingerprint density at radius 3 is 2.70 bits per heavy atom. The lowest BCUT2D eigenvalue weighted by atomic mass is 10.1. The Hall–Kier alpha value is 0.270. The fraction of sp³-hybridized carbons (Fsp3) is 1.00. The number of rotatable bonds is 2. The zero-order chi connectivity index (χ0) is 7.61. The van der Waals surface area contributed by atoms with E-state index in [0.29, 0.717) is 5.37 Å². The number of ether oxygens (including phenoxy) is 1. The van der Waals surface area contributed by atoms with E-state index in [2.05, 4.69) is 19.2 Å². The third-order valence-corrected chi connectivity index (χ3v) is 3.38. The monoisotopic (exact) mass is 161 g/mol. The standard InChI is InChI=1S/C7H15NOS/c1-7(2,9-3)6-8-4-5-10-6/h6,8H,4-5H2,1-3H3. The summed E-state index contributed by atoms with van der Waals surface area (Å²) in [5.41, 5.74) is -0.0266. The summed E-state index contributed by atoms with van der Waals surface area (Å²) in [6.07, 6.45) is 0. The Bertz CT molecular complexity index is 110. The van der Waals surface area contributed by atoms with Crippen molar-refractivity contribution in [3.63, 3.8) is 0 Å². The maximum Gasteiger partial charge on any atom is 0.0868 e. The molecule has 3 heteroatoms. The van der Waals surface area contributed by atoms with E-state index in [1.807, 2.05) is 11.8 Å². The molecule has 0 bridgehead atoms. The summed E-state index contributed by atoms with van der Waals surface area (Å²) in [6, 6.07) is 0. The van der Waals surface area contributed by atoms with Gasteiger partial charge >= 0.3 is 0 Å². The smallest absolute Gasteiger partial charge is 0.0868 e. The molecule has 0 aromatic carbocycles. The minimum Gasteiger partial charge on any atom is -0.376 e. The molecule has 2 nitrogen and oxygen atoms in total. The molecule has 1 saturated heterocycles. The largest absolute Gasteiger partial charge is 0.376 e. The van der Waals surface area contributed by atoms with Crippen LogP contribution in [0.1, 0.15) is 13.8 Å². The summed E-state index contributed by atoms with van der Waals surface area (Å²) in [4.78, 5) is 0. The van der Waals surface area contributed by atoms with E-state index < -0.39 is 0 Å². The third kappa shape index (κ3) is 1.65. The maximum atomic E-state index is 5.34. The molecule has 0 amide bonds. The van der Waals surface area contributed by atoms with Gasteiger partial charge < -0.3 is 10.1 Å². The van der Waals surface area contributed by atoms with Gasteiger partial charge in [-0.2, -0.15) is 0 Å². The Morgan fingerprint density at radius 2 is 2.30 bits per heavy atom. The summed E-state index contributed by atoms with van der Waals surface area (Å²) in [7, 11) is 1.76. The fourth-order valence-electron chi connectivity index (χ4n) is 0.979. The molecule has 0 aliphatic carbocycles. The van der Waals surface area contributed by atoms with Gasteiger partial charge in [-0.05, 0) is 13.8 Å². The molecule has 0 aromatic rings. The van der Waals surface area contributed by atoms with E-state index in [4.69, 9.17) is 4.74 Å². The van der Waals surface area contributed by atoms with E-state index in [1.165, 1.54) is 5.75 Å². The molecule has 1 atom stereocenters. The summed E-state index contributed by atoms with van der Waals surface area (Å²) in [5.74, 6) is 1.21. The van der Waals surface area contributed by atoms with Crippen LogP contribution in [0.15, 0.2) is 0 Å². The average molecular weight is 161 g/mol. The Balaban J connectivity index is 2.45. The Morgan fingerprint density at radius 1 is 1.60 bits per heavy atom. The average Bonchev–Trinajstić information content (AvgIpc) is 2.38. The van der Waals surface area contributed by atoms with Crippen molar-refractivity contribution in [3.8, 4) is 0 Å². The molecular formula is C7H15NOS. The van der Waals surface area contributed by atoms with Crippen molar-refractivity contribution in [3.05, 3.63) is 0 Å². The van der Waals surface area contributed by atoms with E-state index in [1.54, 1.807) is 7.11 Å². The highest BCUT2D eigenvalue weighted by Gasteiger charge is 2.31. The van der Waals surface area contributed by atoms with Crippen LogP contribution >= 0.6 is 11.8 Å². The molecule has 1 heterocycles. The normalized spacial score (nSPS) is 27.3. The van der Waals surface area contributed by atoms with Gasteiger partial charge in [-0.3, -0.25) is 0 Å². The van der Waals surface area contributed by atoms with Crippen LogP contribution in [0.2, 0.25) is 0 Å². The second kappa shape index (κ2) is 3.11. The summed E-state index contributed by atoms with van der Waals surface area (Å²) in [6.45, 7) is 5.34. The van der Waals surface area contributed by atoms with Crippen LogP contribution in [0.25, 0.3) is 0 Å². The quantitative estimate of drug-likeness (QED) is 0.654. The zero-order valence-electron chi connectivity index (χ0n) is 6.81. The highest BCUT2D eigenvalue weighted by molar-refractivity contribution is 8.00. The second-order valence-corrected chi connectivity index (χ2v) is 4.23. The van der Waals surface area contributed by atoms with Crippen LogP contribution in [0, 0.1) is 0 Å². The molecule has 1 aliphatic heterocycles. The minimum absolute atomic E-state index is 0.0266. The lowest BCUT2D eigenvalue weighted by molar-refractivity contribution is 0.0159. The Labute approximate surface area is 66.7 Å². The third-order valence-electron chi connectivity index (χ3n) is 1.87. The van der Waals surface area contributed by atoms with Gasteiger partial charge in [-0.15, -0.1) is 11.8 Å². The summed E-state index contributed by atoms with van der Waals surface area (Å²) < 4.78 is 5.34. The topological polar surface area (TPSA) is 21.3 Å². The predicted octanol–water partition coefficient (Wildman–Crippen LogP) is 1.07. The molecule has 1 fully saturated rings. The zero-order valence-corrected chi connectivity index (χ0v) is 7.62. The van der Waals surface area contributed by atoms with Crippen molar-refractivity contribution < 1.29 is 4.74 Å². The lowest BCUT2D eigenvalue weighted by Crippen LogP contribution is -2.42. The SMILES string of the molecule is COC(C)(C)C1NCCS1. The van der Waals surface area contributed by atoms with E-state index in [0.717, 1.165) is 6.54 Å². The van der Waals surface area contributed by atoms with Crippen molar-refractivity contribution in [2.75, 3.05) is 19.4 Å². The maximum absolute atomic E-state index is 5.34. The minimum atomic E-state index is -0.0266. The van der Waals surface area contributed by atoms with Gasteiger partial charge in [0.25, 0.3) is 0 Å². The van der Waals surface area contributed by atoms with Crippen molar-refractivity contribution >= 4 is 11.8 Å². The van der Waals surface area contributed by atoms with Crippen LogP contribution in [-0.2, 0) is 4.74 Å². The highest BCUT2D eigenvalue weighted by Crippen LogP contribution is 2.26. The summed E-state index contributed by atoms with van der Waals surface area (Å²) >= 11 is 1.94. The van der Waals surface area contributed by atoms with Crippen LogP contribution in [0.5, 0.6) is 0 Å². The van der Waals surface area contributed by atoms with Crippen molar-refractivity contribution in [2.24, 2.45) is 0 Å². The molecule has 1 N–H and O–H groups in total. The van der Waals surface area contributed by atoms with Gasteiger partial charge in [0, 0.05) is 19.4 Å². The van der Waals surface area contributed by atoms with Gasteiger partial charge in [0.2, 0.25) is 0 Å². The first-order valence-electron chi connectivity index (χ1n) is 3.57. The molecule has 1 unspecified atom stereocenters.